The number of carbonyl (C=O) groups is 2. The zero-order valence-corrected chi connectivity index (χ0v) is 20.8. The lowest BCUT2D eigenvalue weighted by atomic mass is 10.1. The van der Waals surface area contributed by atoms with Crippen molar-refractivity contribution < 1.29 is 23.8 Å². The van der Waals surface area contributed by atoms with Crippen LogP contribution in [0.2, 0.25) is 5.02 Å². The van der Waals surface area contributed by atoms with Gasteiger partial charge in [0.2, 0.25) is 0 Å². The molecule has 0 aromatic heterocycles. The molecule has 2 saturated heterocycles. The Morgan fingerprint density at radius 1 is 1.06 bits per heavy atom. The summed E-state index contributed by atoms with van der Waals surface area (Å²) in [6.07, 6.45) is -0.286. The molecule has 0 spiro atoms. The van der Waals surface area contributed by atoms with E-state index in [9.17, 15) is 9.59 Å². The molecule has 2 aliphatic heterocycles. The first kappa shape index (κ1) is 25.4. The Hall–Kier alpha value is -2.65. The number of halogens is 1. The van der Waals surface area contributed by atoms with Crippen molar-refractivity contribution in [2.75, 3.05) is 72.7 Å². The van der Waals surface area contributed by atoms with Gasteiger partial charge < -0.3 is 24.0 Å². The molecule has 0 bridgehead atoms. The summed E-state index contributed by atoms with van der Waals surface area (Å²) in [6, 6.07) is 14.1. The van der Waals surface area contributed by atoms with E-state index < -0.39 is 0 Å². The number of rotatable bonds is 8. The van der Waals surface area contributed by atoms with Crippen molar-refractivity contribution in [1.82, 2.24) is 14.7 Å². The molecule has 2 heterocycles. The molecule has 1 atom stereocenters. The summed E-state index contributed by atoms with van der Waals surface area (Å²) in [5, 5.41) is 0.527. The molecular weight excluding hydrogens is 470 g/mol. The van der Waals surface area contributed by atoms with E-state index in [4.69, 9.17) is 25.8 Å². The van der Waals surface area contributed by atoms with Gasteiger partial charge in [-0.25, -0.2) is 0 Å². The minimum absolute atomic E-state index is 0.0835. The number of methoxy groups -OCH3 is 1. The summed E-state index contributed by atoms with van der Waals surface area (Å²) in [7, 11) is 1.58. The van der Waals surface area contributed by atoms with Gasteiger partial charge >= 0.3 is 0 Å². The average Bonchev–Trinajstić information content (AvgIpc) is 2.91. The van der Waals surface area contributed by atoms with Crippen LogP contribution in [0.25, 0.3) is 0 Å². The maximum Gasteiger partial charge on any atom is 0.254 e. The first-order chi connectivity index (χ1) is 17.0. The van der Waals surface area contributed by atoms with Crippen molar-refractivity contribution >= 4 is 23.4 Å². The topological polar surface area (TPSA) is 71.6 Å². The van der Waals surface area contributed by atoms with Gasteiger partial charge in [0, 0.05) is 62.0 Å². The Balaban J connectivity index is 1.45. The van der Waals surface area contributed by atoms with Crippen LogP contribution in [-0.2, 0) is 9.47 Å². The number of benzene rings is 2. The van der Waals surface area contributed by atoms with Gasteiger partial charge in [-0.3, -0.25) is 14.5 Å². The second kappa shape index (κ2) is 12.4. The molecule has 188 valence electrons. The Kier molecular flexibility index (Phi) is 8.98. The highest BCUT2D eigenvalue weighted by Crippen LogP contribution is 2.18. The molecule has 0 saturated carbocycles. The minimum Gasteiger partial charge on any atom is -0.497 e. The van der Waals surface area contributed by atoms with E-state index in [1.807, 2.05) is 17.0 Å². The van der Waals surface area contributed by atoms with E-state index in [0.29, 0.717) is 67.9 Å². The van der Waals surface area contributed by atoms with Crippen LogP contribution in [0.5, 0.6) is 5.75 Å². The van der Waals surface area contributed by atoms with Crippen LogP contribution in [-0.4, -0.2) is 105 Å². The summed E-state index contributed by atoms with van der Waals surface area (Å²) in [6.45, 7) is 6.12. The minimum atomic E-state index is -0.286. The maximum absolute atomic E-state index is 13.5. The van der Waals surface area contributed by atoms with Crippen molar-refractivity contribution in [3.05, 3.63) is 64.7 Å². The molecule has 0 radical (unpaired) electrons. The third-order valence-electron chi connectivity index (χ3n) is 6.32. The molecule has 1 unspecified atom stereocenters. The Morgan fingerprint density at radius 3 is 2.60 bits per heavy atom. The van der Waals surface area contributed by atoms with E-state index in [-0.39, 0.29) is 17.9 Å². The number of morpholine rings is 2. The van der Waals surface area contributed by atoms with Crippen LogP contribution in [0.1, 0.15) is 20.7 Å². The van der Waals surface area contributed by atoms with Gasteiger partial charge in [0.25, 0.3) is 11.8 Å². The molecule has 4 rings (SSSR count). The number of hydrogen-bond donors (Lipinski definition) is 0. The monoisotopic (exact) mass is 501 g/mol. The highest BCUT2D eigenvalue weighted by Gasteiger charge is 2.29. The van der Waals surface area contributed by atoms with E-state index in [0.717, 1.165) is 19.6 Å². The second-order valence-corrected chi connectivity index (χ2v) is 9.13. The fraction of sp³-hybridized carbons (Fsp3) is 0.462. The van der Waals surface area contributed by atoms with Gasteiger partial charge in [-0.15, -0.1) is 0 Å². The second-order valence-electron chi connectivity index (χ2n) is 8.69. The lowest BCUT2D eigenvalue weighted by molar-refractivity contribution is -0.0346. The fourth-order valence-electron chi connectivity index (χ4n) is 4.37. The molecule has 2 fully saturated rings. The van der Waals surface area contributed by atoms with Crippen LogP contribution < -0.4 is 4.74 Å². The van der Waals surface area contributed by atoms with Gasteiger partial charge in [0.05, 0.1) is 33.0 Å². The third kappa shape index (κ3) is 6.95. The van der Waals surface area contributed by atoms with Gasteiger partial charge in [0.1, 0.15) is 5.75 Å². The number of nitrogens with zero attached hydrogens (tertiary/aromatic N) is 3. The number of hydrogen-bond acceptors (Lipinski definition) is 6. The molecule has 2 aromatic carbocycles. The van der Waals surface area contributed by atoms with Gasteiger partial charge in [0.15, 0.2) is 0 Å². The molecular formula is C26H32ClN3O5. The largest absolute Gasteiger partial charge is 0.497 e. The van der Waals surface area contributed by atoms with Crippen molar-refractivity contribution in [2.45, 2.75) is 6.10 Å². The molecule has 2 aliphatic rings. The predicted octanol–water partition coefficient (Wildman–Crippen LogP) is 2.66. The van der Waals surface area contributed by atoms with E-state index in [1.54, 1.807) is 48.4 Å². The molecule has 2 aromatic rings. The van der Waals surface area contributed by atoms with Gasteiger partial charge in [-0.2, -0.15) is 0 Å². The van der Waals surface area contributed by atoms with Crippen molar-refractivity contribution in [1.29, 1.82) is 0 Å². The van der Waals surface area contributed by atoms with Crippen LogP contribution in [0.4, 0.5) is 0 Å². The van der Waals surface area contributed by atoms with Gasteiger partial charge in [-0.05, 0) is 36.4 Å². The quantitative estimate of drug-likeness (QED) is 0.554. The molecule has 2 amide bonds. The molecule has 0 N–H and O–H groups in total. The van der Waals surface area contributed by atoms with Crippen molar-refractivity contribution in [3.63, 3.8) is 0 Å². The van der Waals surface area contributed by atoms with Crippen LogP contribution >= 0.6 is 11.6 Å². The number of ether oxygens (including phenoxy) is 3. The maximum atomic E-state index is 13.5. The van der Waals surface area contributed by atoms with Crippen LogP contribution in [0, 0.1) is 0 Å². The van der Waals surface area contributed by atoms with Crippen LogP contribution in [0.3, 0.4) is 0 Å². The Bertz CT molecular complexity index is 1010. The highest BCUT2D eigenvalue weighted by atomic mass is 35.5. The third-order valence-corrected chi connectivity index (χ3v) is 6.55. The summed E-state index contributed by atoms with van der Waals surface area (Å²) < 4.78 is 16.8. The van der Waals surface area contributed by atoms with Gasteiger partial charge in [-0.1, -0.05) is 23.7 Å². The van der Waals surface area contributed by atoms with Crippen molar-refractivity contribution in [3.8, 4) is 5.75 Å². The van der Waals surface area contributed by atoms with Crippen LogP contribution in [0.15, 0.2) is 48.5 Å². The molecule has 8 nitrogen and oxygen atoms in total. The summed E-state index contributed by atoms with van der Waals surface area (Å²) in [5.41, 5.74) is 1.11. The number of amides is 2. The zero-order chi connectivity index (χ0) is 24.6. The zero-order valence-electron chi connectivity index (χ0n) is 20.0. The predicted molar refractivity (Wildman–Crippen MR) is 133 cm³/mol. The lowest BCUT2D eigenvalue weighted by Gasteiger charge is -2.37. The summed E-state index contributed by atoms with van der Waals surface area (Å²) >= 11 is 6.08. The Morgan fingerprint density at radius 2 is 1.83 bits per heavy atom. The first-order valence-corrected chi connectivity index (χ1v) is 12.3. The smallest absolute Gasteiger partial charge is 0.254 e. The molecule has 9 heteroatoms. The molecule has 35 heavy (non-hydrogen) atoms. The summed E-state index contributed by atoms with van der Waals surface area (Å²) in [4.78, 5) is 32.4. The van der Waals surface area contributed by atoms with Crippen molar-refractivity contribution in [2.24, 2.45) is 0 Å². The fourth-order valence-corrected chi connectivity index (χ4v) is 4.56. The Labute approximate surface area is 211 Å². The average molecular weight is 502 g/mol. The number of carbonyl (C=O) groups excluding carboxylic acids is 2. The first-order valence-electron chi connectivity index (χ1n) is 11.9. The SMILES string of the molecule is COc1cccc(C(=O)N(CCN2CCOCC2)CC2CN(C(=O)c3cccc(Cl)c3)CCO2)c1. The highest BCUT2D eigenvalue weighted by molar-refractivity contribution is 6.30. The molecule has 0 aliphatic carbocycles. The summed E-state index contributed by atoms with van der Waals surface area (Å²) in [5.74, 6) is 0.468. The normalized spacial score (nSPS) is 18.8. The van der Waals surface area contributed by atoms with E-state index >= 15 is 0 Å². The van der Waals surface area contributed by atoms with E-state index in [1.165, 1.54) is 0 Å². The standard InChI is InChI=1S/C26H32ClN3O5/c1-33-23-7-3-5-21(17-23)26(32)29(9-8-28-10-13-34-14-11-28)18-24-19-30(12-15-35-24)25(31)20-4-2-6-22(27)16-20/h2-7,16-17,24H,8-15,18-19H2,1H3. The van der Waals surface area contributed by atoms with E-state index in [2.05, 4.69) is 4.90 Å². The lowest BCUT2D eigenvalue weighted by Crippen LogP contribution is -2.52.